The number of carbonyl (C=O) groups is 1. The Hall–Kier alpha value is -2.09. The van der Waals surface area contributed by atoms with Crippen molar-refractivity contribution in [2.45, 2.75) is 26.3 Å². The van der Waals surface area contributed by atoms with Crippen molar-refractivity contribution >= 4 is 11.7 Å². The molecule has 2 rings (SSSR count). The van der Waals surface area contributed by atoms with Crippen LogP contribution in [0.1, 0.15) is 29.4 Å². The molecule has 0 radical (unpaired) electrons. The number of hydrogen-bond acceptors (Lipinski definition) is 5. The first-order valence-electron chi connectivity index (χ1n) is 7.09. The summed E-state index contributed by atoms with van der Waals surface area (Å²) in [5, 5.41) is 18.6. The number of oxime groups is 1. The van der Waals surface area contributed by atoms with E-state index in [0.717, 1.165) is 12.1 Å². The van der Waals surface area contributed by atoms with Gasteiger partial charge >= 0.3 is 0 Å². The van der Waals surface area contributed by atoms with Gasteiger partial charge in [-0.2, -0.15) is 5.10 Å². The Morgan fingerprint density at radius 1 is 1.52 bits per heavy atom. The second-order valence-electron chi connectivity index (χ2n) is 5.19. The summed E-state index contributed by atoms with van der Waals surface area (Å²) in [5.74, 6) is 0.223. The molecule has 8 nitrogen and oxygen atoms in total. The Bertz CT molecular complexity index is 518. The van der Waals surface area contributed by atoms with Gasteiger partial charge in [0.25, 0.3) is 5.91 Å². The smallest absolute Gasteiger partial charge is 0.257 e. The molecule has 1 aromatic rings. The second kappa shape index (κ2) is 6.57. The molecular weight excluding hydrogens is 272 g/mol. The lowest BCUT2D eigenvalue weighted by Crippen LogP contribution is -2.55. The van der Waals surface area contributed by atoms with E-state index in [1.165, 1.54) is 0 Å². The fourth-order valence-electron chi connectivity index (χ4n) is 2.69. The Morgan fingerprint density at radius 2 is 2.19 bits per heavy atom. The van der Waals surface area contributed by atoms with Crippen LogP contribution in [-0.2, 0) is 0 Å². The largest absolute Gasteiger partial charge is 0.409 e. The molecule has 8 heteroatoms. The average molecular weight is 294 g/mol. The number of amidine groups is 1. The molecule has 1 atom stereocenters. The number of hydrogen-bond donors (Lipinski definition) is 3. The molecule has 0 aromatic carbocycles. The number of carbonyl (C=O) groups excluding carboxylic acids is 1. The van der Waals surface area contributed by atoms with E-state index in [2.05, 4.69) is 20.3 Å². The summed E-state index contributed by atoms with van der Waals surface area (Å²) in [7, 11) is 0. The molecule has 1 fully saturated rings. The zero-order valence-electron chi connectivity index (χ0n) is 12.4. The number of aromatic nitrogens is 2. The molecule has 1 unspecified atom stereocenters. The monoisotopic (exact) mass is 294 g/mol. The highest BCUT2D eigenvalue weighted by atomic mass is 16.4. The molecule has 1 amide bonds. The number of nitrogens with two attached hydrogens (primary N) is 1. The Kier molecular flexibility index (Phi) is 4.79. The Labute approximate surface area is 123 Å². The predicted molar refractivity (Wildman–Crippen MR) is 78.3 cm³/mol. The van der Waals surface area contributed by atoms with Crippen molar-refractivity contribution in [2.24, 2.45) is 10.9 Å². The molecule has 21 heavy (non-hydrogen) atoms. The number of amides is 1. The molecule has 0 spiro atoms. The summed E-state index contributed by atoms with van der Waals surface area (Å²) in [4.78, 5) is 16.3. The summed E-state index contributed by atoms with van der Waals surface area (Å²) in [6.07, 6.45) is 2.33. The normalized spacial score (nSPS) is 18.8. The highest BCUT2D eigenvalue weighted by Gasteiger charge is 2.28. The highest BCUT2D eigenvalue weighted by Crippen LogP contribution is 2.13. The zero-order chi connectivity index (χ0) is 15.4. The van der Waals surface area contributed by atoms with Gasteiger partial charge < -0.3 is 15.8 Å². The van der Waals surface area contributed by atoms with Crippen LogP contribution >= 0.6 is 0 Å². The van der Waals surface area contributed by atoms with Gasteiger partial charge in [0.1, 0.15) is 0 Å². The van der Waals surface area contributed by atoms with Gasteiger partial charge in [-0.1, -0.05) is 12.1 Å². The van der Waals surface area contributed by atoms with Gasteiger partial charge in [-0.3, -0.25) is 14.8 Å². The topological polar surface area (TPSA) is 111 Å². The summed E-state index contributed by atoms with van der Waals surface area (Å²) < 4.78 is 0. The van der Waals surface area contributed by atoms with Crippen molar-refractivity contribution in [3.05, 3.63) is 17.5 Å². The number of rotatable bonds is 4. The average Bonchev–Trinajstić information content (AvgIpc) is 2.94. The van der Waals surface area contributed by atoms with E-state index < -0.39 is 0 Å². The number of aromatic amines is 1. The number of aryl methyl sites for hydroxylation is 1. The van der Waals surface area contributed by atoms with Gasteiger partial charge in [0.2, 0.25) is 0 Å². The van der Waals surface area contributed by atoms with Crippen LogP contribution in [0.3, 0.4) is 0 Å². The summed E-state index contributed by atoms with van der Waals surface area (Å²) in [6.45, 7) is 6.49. The fourth-order valence-corrected chi connectivity index (χ4v) is 2.69. The van der Waals surface area contributed by atoms with Crippen LogP contribution in [0.15, 0.2) is 11.4 Å². The third-order valence-corrected chi connectivity index (χ3v) is 3.95. The lowest BCUT2D eigenvalue weighted by atomic mass is 10.1. The van der Waals surface area contributed by atoms with Gasteiger partial charge in [-0.25, -0.2) is 0 Å². The summed E-state index contributed by atoms with van der Waals surface area (Å²) >= 11 is 0. The second-order valence-corrected chi connectivity index (χ2v) is 5.19. The lowest BCUT2D eigenvalue weighted by molar-refractivity contribution is 0.0608. The van der Waals surface area contributed by atoms with Crippen LogP contribution < -0.4 is 5.73 Å². The van der Waals surface area contributed by atoms with Crippen molar-refractivity contribution in [1.29, 1.82) is 0 Å². The van der Waals surface area contributed by atoms with Crippen LogP contribution in [0.5, 0.6) is 0 Å². The van der Waals surface area contributed by atoms with Gasteiger partial charge in [0.15, 0.2) is 5.84 Å². The number of H-pyrrole nitrogens is 1. The SMILES string of the molecule is CCC(C(N)=NO)N1CCN(C(=O)c2cn[nH]c2C)CC1. The van der Waals surface area contributed by atoms with Crippen LogP contribution in [0.25, 0.3) is 0 Å². The number of piperazine rings is 1. The minimum absolute atomic E-state index is 0.00209. The van der Waals surface area contributed by atoms with E-state index in [4.69, 9.17) is 10.9 Å². The maximum absolute atomic E-state index is 12.4. The number of nitrogens with zero attached hydrogens (tertiary/aromatic N) is 4. The molecule has 0 bridgehead atoms. The van der Waals surface area contributed by atoms with Gasteiger partial charge in [-0.15, -0.1) is 0 Å². The van der Waals surface area contributed by atoms with Crippen molar-refractivity contribution in [3.63, 3.8) is 0 Å². The predicted octanol–water partition coefficient (Wildman–Crippen LogP) is 0.000920. The first-order chi connectivity index (χ1) is 10.1. The molecule has 0 saturated carbocycles. The molecule has 116 valence electrons. The zero-order valence-corrected chi connectivity index (χ0v) is 12.4. The first-order valence-corrected chi connectivity index (χ1v) is 7.09. The van der Waals surface area contributed by atoms with E-state index in [1.54, 1.807) is 6.20 Å². The van der Waals surface area contributed by atoms with Crippen LogP contribution in [0, 0.1) is 6.92 Å². The van der Waals surface area contributed by atoms with E-state index in [-0.39, 0.29) is 17.8 Å². The molecule has 0 aliphatic carbocycles. The molecule has 1 aliphatic heterocycles. The third kappa shape index (κ3) is 3.15. The molecular formula is C13H22N6O2. The van der Waals surface area contributed by atoms with Crippen LogP contribution in [0.2, 0.25) is 0 Å². The van der Waals surface area contributed by atoms with Crippen molar-refractivity contribution < 1.29 is 10.0 Å². The lowest BCUT2D eigenvalue weighted by Gasteiger charge is -2.38. The standard InChI is InChI=1S/C13H22N6O2/c1-3-11(12(14)17-21)18-4-6-19(7-5-18)13(20)10-8-15-16-9(10)2/h8,11,21H,3-7H2,1-2H3,(H2,14,17)(H,15,16). The van der Waals surface area contributed by atoms with Crippen LogP contribution in [0.4, 0.5) is 0 Å². The first kappa shape index (κ1) is 15.3. The quantitative estimate of drug-likeness (QED) is 0.313. The molecule has 1 aliphatic rings. The summed E-state index contributed by atoms with van der Waals surface area (Å²) in [5.41, 5.74) is 7.12. The maximum Gasteiger partial charge on any atom is 0.257 e. The van der Waals surface area contributed by atoms with Gasteiger partial charge in [0.05, 0.1) is 17.8 Å². The van der Waals surface area contributed by atoms with E-state index >= 15 is 0 Å². The van der Waals surface area contributed by atoms with Gasteiger partial charge in [0, 0.05) is 31.9 Å². The molecule has 4 N–H and O–H groups in total. The Balaban J connectivity index is 1.97. The Morgan fingerprint density at radius 3 is 2.67 bits per heavy atom. The van der Waals surface area contributed by atoms with E-state index in [0.29, 0.717) is 31.7 Å². The minimum atomic E-state index is -0.0806. The number of nitrogens with one attached hydrogen (secondary N) is 1. The van der Waals surface area contributed by atoms with E-state index in [1.807, 2.05) is 18.7 Å². The van der Waals surface area contributed by atoms with Crippen LogP contribution in [-0.4, -0.2) is 69.2 Å². The van der Waals surface area contributed by atoms with E-state index in [9.17, 15) is 4.79 Å². The van der Waals surface area contributed by atoms with Crippen molar-refractivity contribution in [2.75, 3.05) is 26.2 Å². The highest BCUT2D eigenvalue weighted by molar-refractivity contribution is 5.95. The molecule has 1 saturated heterocycles. The van der Waals surface area contributed by atoms with Crippen molar-refractivity contribution in [1.82, 2.24) is 20.0 Å². The molecule has 2 heterocycles. The summed E-state index contributed by atoms with van der Waals surface area (Å²) in [6, 6.07) is -0.0806. The third-order valence-electron chi connectivity index (χ3n) is 3.95. The fraction of sp³-hybridized carbons (Fsp3) is 0.615. The van der Waals surface area contributed by atoms with Crippen molar-refractivity contribution in [3.8, 4) is 0 Å². The minimum Gasteiger partial charge on any atom is -0.409 e. The molecule has 1 aromatic heterocycles. The van der Waals surface area contributed by atoms with Gasteiger partial charge in [-0.05, 0) is 13.3 Å². The maximum atomic E-state index is 12.4.